The molecule has 3 saturated heterocycles. The zero-order valence-corrected chi connectivity index (χ0v) is 17.4. The number of thiocarbonyl (C=S) groups is 1. The second-order valence-electron chi connectivity index (χ2n) is 8.27. The highest BCUT2D eigenvalue weighted by Crippen LogP contribution is 2.49. The highest BCUT2D eigenvalue weighted by molar-refractivity contribution is 7.80. The number of amides is 2. The van der Waals surface area contributed by atoms with E-state index in [9.17, 15) is 18.4 Å². The third kappa shape index (κ3) is 4.23. The van der Waals surface area contributed by atoms with Gasteiger partial charge in [0.2, 0.25) is 11.8 Å². The molecule has 28 heavy (non-hydrogen) atoms. The van der Waals surface area contributed by atoms with E-state index in [1.165, 1.54) is 4.90 Å². The fourth-order valence-corrected chi connectivity index (χ4v) is 4.95. The van der Waals surface area contributed by atoms with E-state index in [4.69, 9.17) is 12.2 Å². The summed E-state index contributed by atoms with van der Waals surface area (Å²) < 4.78 is 29.3. The number of fused-ring (bicyclic) bond motifs is 3. The van der Waals surface area contributed by atoms with E-state index in [0.29, 0.717) is 37.1 Å². The summed E-state index contributed by atoms with van der Waals surface area (Å²) in [6.45, 7) is 5.69. The quantitative estimate of drug-likeness (QED) is 0.684. The van der Waals surface area contributed by atoms with Crippen LogP contribution >= 0.6 is 12.2 Å². The average molecular weight is 417 g/mol. The van der Waals surface area contributed by atoms with Gasteiger partial charge in [-0.15, -0.1) is 0 Å². The molecule has 2 N–H and O–H groups in total. The summed E-state index contributed by atoms with van der Waals surface area (Å²) in [6, 6.07) is -1.67. The monoisotopic (exact) mass is 416 g/mol. The Balaban J connectivity index is 1.77. The summed E-state index contributed by atoms with van der Waals surface area (Å²) in [7, 11) is 0. The maximum Gasteiger partial charge on any atom is 0.255 e. The zero-order chi connectivity index (χ0) is 20.5. The van der Waals surface area contributed by atoms with Gasteiger partial charge >= 0.3 is 0 Å². The highest BCUT2D eigenvalue weighted by atomic mass is 32.1. The number of alkyl halides is 2. The molecule has 1 aliphatic carbocycles. The molecule has 3 aliphatic heterocycles. The van der Waals surface area contributed by atoms with Crippen LogP contribution in [-0.2, 0) is 9.59 Å². The first-order valence-corrected chi connectivity index (χ1v) is 10.6. The molecule has 4 rings (SSSR count). The Morgan fingerprint density at radius 1 is 1.14 bits per heavy atom. The zero-order valence-electron chi connectivity index (χ0n) is 16.5. The van der Waals surface area contributed by atoms with E-state index in [1.807, 2.05) is 6.92 Å². The van der Waals surface area contributed by atoms with Crippen molar-refractivity contribution in [1.82, 2.24) is 20.4 Å². The highest BCUT2D eigenvalue weighted by Gasteiger charge is 2.60. The Labute approximate surface area is 170 Å². The van der Waals surface area contributed by atoms with Crippen molar-refractivity contribution in [3.05, 3.63) is 0 Å². The standard InChI is InChI=1S/C19H30F2N4O2S/c1-3-22-18(28)23-11-15(26)25-13-4-5-14(19(20,21)10-13)16(25)17(27)24-8-6-12(2)7-9-24/h12-14,16H,3-11H2,1-2H3,(H2,22,23,28)/t13?,14?,16-/m1/s1. The Morgan fingerprint density at radius 2 is 1.82 bits per heavy atom. The van der Waals surface area contributed by atoms with Crippen LogP contribution in [0.15, 0.2) is 0 Å². The SMILES string of the molecule is CCNC(=S)NCC(=O)N1C2CCC([C@@H]1C(=O)N1CCC(C)CC1)C(F)(F)C2. The van der Waals surface area contributed by atoms with E-state index in [2.05, 4.69) is 17.6 Å². The number of rotatable bonds is 4. The number of hydrogen-bond donors (Lipinski definition) is 2. The minimum Gasteiger partial charge on any atom is -0.363 e. The number of halogens is 2. The van der Waals surface area contributed by atoms with Crippen LogP contribution in [-0.4, -0.2) is 70.9 Å². The number of likely N-dealkylation sites (tertiary alicyclic amines) is 1. The summed E-state index contributed by atoms with van der Waals surface area (Å²) >= 11 is 5.08. The molecule has 0 aromatic heterocycles. The van der Waals surface area contributed by atoms with Crippen LogP contribution in [0.5, 0.6) is 0 Å². The number of piperidine rings is 3. The molecule has 158 valence electrons. The molecule has 2 bridgehead atoms. The van der Waals surface area contributed by atoms with Crippen molar-refractivity contribution in [2.75, 3.05) is 26.2 Å². The largest absolute Gasteiger partial charge is 0.363 e. The Morgan fingerprint density at radius 3 is 2.43 bits per heavy atom. The molecule has 6 nitrogen and oxygen atoms in total. The fourth-order valence-electron chi connectivity index (χ4n) is 4.73. The lowest BCUT2D eigenvalue weighted by atomic mass is 9.71. The van der Waals surface area contributed by atoms with Gasteiger partial charge in [-0.05, 0) is 50.7 Å². The second-order valence-corrected chi connectivity index (χ2v) is 8.68. The molecule has 0 aromatic rings. The molecular formula is C19H30F2N4O2S. The van der Waals surface area contributed by atoms with Crippen LogP contribution in [0, 0.1) is 11.8 Å². The van der Waals surface area contributed by atoms with Crippen molar-refractivity contribution in [3.63, 3.8) is 0 Å². The van der Waals surface area contributed by atoms with E-state index >= 15 is 0 Å². The first-order chi connectivity index (χ1) is 13.2. The van der Waals surface area contributed by atoms with Gasteiger partial charge in [0.25, 0.3) is 5.92 Å². The lowest BCUT2D eigenvalue weighted by molar-refractivity contribution is -0.197. The molecule has 2 amide bonds. The van der Waals surface area contributed by atoms with Gasteiger partial charge in [-0.25, -0.2) is 8.78 Å². The van der Waals surface area contributed by atoms with Gasteiger partial charge in [0.1, 0.15) is 6.04 Å². The Hall–Kier alpha value is -1.51. The van der Waals surface area contributed by atoms with E-state index in [-0.39, 0.29) is 31.2 Å². The van der Waals surface area contributed by atoms with Crippen molar-refractivity contribution in [2.45, 2.75) is 64.0 Å². The third-order valence-corrected chi connectivity index (χ3v) is 6.60. The number of nitrogens with zero attached hydrogens (tertiary/aromatic N) is 2. The summed E-state index contributed by atoms with van der Waals surface area (Å²) in [4.78, 5) is 29.3. The van der Waals surface area contributed by atoms with E-state index in [0.717, 1.165) is 12.8 Å². The van der Waals surface area contributed by atoms with Gasteiger partial charge in [0, 0.05) is 32.1 Å². The van der Waals surface area contributed by atoms with Gasteiger partial charge in [-0.3, -0.25) is 9.59 Å². The summed E-state index contributed by atoms with van der Waals surface area (Å²) in [5.74, 6) is -4.13. The van der Waals surface area contributed by atoms with Gasteiger partial charge in [-0.1, -0.05) is 6.92 Å². The van der Waals surface area contributed by atoms with Crippen LogP contribution in [0.4, 0.5) is 8.78 Å². The Bertz CT molecular complexity index is 625. The van der Waals surface area contributed by atoms with Crippen LogP contribution in [0.3, 0.4) is 0 Å². The average Bonchev–Trinajstić information content (AvgIpc) is 2.65. The van der Waals surface area contributed by atoms with Crippen molar-refractivity contribution in [2.24, 2.45) is 11.8 Å². The van der Waals surface area contributed by atoms with Gasteiger partial charge in [0.05, 0.1) is 12.5 Å². The maximum absolute atomic E-state index is 14.6. The number of nitrogens with one attached hydrogen (secondary N) is 2. The molecule has 9 heteroatoms. The summed E-state index contributed by atoms with van der Waals surface area (Å²) in [6.07, 6.45) is 2.18. The van der Waals surface area contributed by atoms with Crippen LogP contribution < -0.4 is 10.6 Å². The van der Waals surface area contributed by atoms with Crippen LogP contribution in [0.2, 0.25) is 0 Å². The first-order valence-electron chi connectivity index (χ1n) is 10.2. The molecule has 3 heterocycles. The lowest BCUT2D eigenvalue weighted by Gasteiger charge is -2.54. The van der Waals surface area contributed by atoms with Crippen LogP contribution in [0.1, 0.15) is 46.0 Å². The van der Waals surface area contributed by atoms with Gasteiger partial charge in [-0.2, -0.15) is 0 Å². The smallest absolute Gasteiger partial charge is 0.255 e. The van der Waals surface area contributed by atoms with Gasteiger partial charge < -0.3 is 20.4 Å². The Kier molecular flexibility index (Phi) is 6.41. The molecule has 4 aliphatic rings. The normalized spacial score (nSPS) is 29.5. The predicted molar refractivity (Wildman–Crippen MR) is 106 cm³/mol. The fraction of sp³-hybridized carbons (Fsp3) is 0.842. The molecular weight excluding hydrogens is 386 g/mol. The molecule has 0 aromatic carbocycles. The molecule has 1 saturated carbocycles. The summed E-state index contributed by atoms with van der Waals surface area (Å²) in [5, 5.41) is 6.06. The minimum absolute atomic E-state index is 0.0958. The van der Waals surface area contributed by atoms with Crippen molar-refractivity contribution in [1.29, 1.82) is 0 Å². The van der Waals surface area contributed by atoms with Crippen LogP contribution in [0.25, 0.3) is 0 Å². The minimum atomic E-state index is -2.91. The maximum atomic E-state index is 14.6. The number of carbonyl (C=O) groups is 2. The number of hydrogen-bond acceptors (Lipinski definition) is 3. The predicted octanol–water partition coefficient (Wildman–Crippen LogP) is 1.74. The molecule has 0 spiro atoms. The lowest BCUT2D eigenvalue weighted by Crippen LogP contribution is -2.69. The molecule has 0 radical (unpaired) electrons. The topological polar surface area (TPSA) is 64.7 Å². The van der Waals surface area contributed by atoms with Gasteiger partial charge in [0.15, 0.2) is 5.11 Å². The van der Waals surface area contributed by atoms with Crippen molar-refractivity contribution < 1.29 is 18.4 Å². The number of carbonyl (C=O) groups excluding carboxylic acids is 2. The third-order valence-electron chi connectivity index (χ3n) is 6.31. The second kappa shape index (κ2) is 8.47. The summed E-state index contributed by atoms with van der Waals surface area (Å²) in [5.41, 5.74) is 0. The van der Waals surface area contributed by atoms with Crippen molar-refractivity contribution >= 4 is 29.1 Å². The first kappa shape index (κ1) is 21.2. The molecule has 3 atom stereocenters. The van der Waals surface area contributed by atoms with E-state index < -0.39 is 23.9 Å². The molecule has 2 unspecified atom stereocenters. The van der Waals surface area contributed by atoms with E-state index in [1.54, 1.807) is 4.90 Å². The van der Waals surface area contributed by atoms with Crippen molar-refractivity contribution in [3.8, 4) is 0 Å². The molecule has 4 fully saturated rings.